The van der Waals surface area contributed by atoms with E-state index in [0.717, 1.165) is 20.8 Å². The Kier molecular flexibility index (Phi) is 10.9. The number of hydrogen-bond acceptors (Lipinski definition) is 11. The van der Waals surface area contributed by atoms with E-state index in [9.17, 15) is 24.0 Å². The number of nitrogens with one attached hydrogen (secondary N) is 1. The van der Waals surface area contributed by atoms with Gasteiger partial charge in [-0.1, -0.05) is 11.6 Å². The second-order valence-electron chi connectivity index (χ2n) is 7.76. The van der Waals surface area contributed by atoms with Crippen LogP contribution in [0.25, 0.3) is 0 Å². The molecule has 0 aliphatic carbocycles. The first kappa shape index (κ1) is 28.9. The summed E-state index contributed by atoms with van der Waals surface area (Å²) in [4.78, 5) is 59.4. The molecule has 36 heavy (non-hydrogen) atoms. The van der Waals surface area contributed by atoms with Crippen molar-refractivity contribution in [3.8, 4) is 5.75 Å². The van der Waals surface area contributed by atoms with Gasteiger partial charge in [0.25, 0.3) is 0 Å². The maximum Gasteiger partial charge on any atom is 0.311 e. The SMILES string of the molecule is CC(=O)NC1C(OC(=O)CCOc2ccc(Cl)cc2)OC(COC(C)=O)C(OC(C)=O)C1OC(C)=O. The van der Waals surface area contributed by atoms with E-state index in [2.05, 4.69) is 5.32 Å². The van der Waals surface area contributed by atoms with Crippen molar-refractivity contribution in [2.75, 3.05) is 13.2 Å². The molecule has 5 atom stereocenters. The normalized spacial score (nSPS) is 23.1. The molecule has 1 N–H and O–H groups in total. The van der Waals surface area contributed by atoms with Crippen molar-refractivity contribution in [1.82, 2.24) is 5.32 Å². The van der Waals surface area contributed by atoms with Gasteiger partial charge < -0.3 is 33.7 Å². The van der Waals surface area contributed by atoms with Crippen LogP contribution in [0.4, 0.5) is 0 Å². The quantitative estimate of drug-likeness (QED) is 0.344. The van der Waals surface area contributed by atoms with Crippen molar-refractivity contribution >= 4 is 41.4 Å². The maximum atomic E-state index is 12.6. The molecule has 0 bridgehead atoms. The van der Waals surface area contributed by atoms with Gasteiger partial charge in [0.1, 0.15) is 24.5 Å². The minimum absolute atomic E-state index is 0.0433. The Hall–Kier alpha value is -3.38. The second-order valence-corrected chi connectivity index (χ2v) is 8.20. The third-order valence-corrected chi connectivity index (χ3v) is 4.96. The molecule has 2 rings (SSSR count). The van der Waals surface area contributed by atoms with E-state index in [0.29, 0.717) is 10.8 Å². The maximum absolute atomic E-state index is 12.6. The Morgan fingerprint density at radius 1 is 0.889 bits per heavy atom. The van der Waals surface area contributed by atoms with Crippen LogP contribution in [0.5, 0.6) is 5.75 Å². The van der Waals surface area contributed by atoms with Crippen LogP contribution in [0.3, 0.4) is 0 Å². The molecule has 0 aromatic heterocycles. The third kappa shape index (κ3) is 9.34. The van der Waals surface area contributed by atoms with Crippen molar-refractivity contribution in [3.05, 3.63) is 29.3 Å². The highest BCUT2D eigenvalue weighted by molar-refractivity contribution is 6.30. The summed E-state index contributed by atoms with van der Waals surface area (Å²) in [7, 11) is 0. The van der Waals surface area contributed by atoms with Crippen LogP contribution in [0.15, 0.2) is 24.3 Å². The van der Waals surface area contributed by atoms with Gasteiger partial charge in [-0.2, -0.15) is 0 Å². The molecule has 13 heteroatoms. The first-order chi connectivity index (χ1) is 17.0. The summed E-state index contributed by atoms with van der Waals surface area (Å²) in [5.41, 5.74) is 0. The Labute approximate surface area is 212 Å². The van der Waals surface area contributed by atoms with Crippen LogP contribution in [0, 0.1) is 0 Å². The summed E-state index contributed by atoms with van der Waals surface area (Å²) in [6, 6.07) is 5.26. The van der Waals surface area contributed by atoms with Gasteiger partial charge in [0, 0.05) is 32.7 Å². The lowest BCUT2D eigenvalue weighted by atomic mass is 9.96. The molecule has 1 fully saturated rings. The number of halogens is 1. The average molecular weight is 530 g/mol. The molecule has 1 amide bonds. The van der Waals surface area contributed by atoms with E-state index in [1.165, 1.54) is 6.92 Å². The lowest BCUT2D eigenvalue weighted by molar-refractivity contribution is -0.271. The van der Waals surface area contributed by atoms with Gasteiger partial charge in [-0.25, -0.2) is 0 Å². The summed E-state index contributed by atoms with van der Waals surface area (Å²) in [5, 5.41) is 3.03. The van der Waals surface area contributed by atoms with Gasteiger partial charge in [-0.15, -0.1) is 0 Å². The van der Waals surface area contributed by atoms with Gasteiger partial charge >= 0.3 is 23.9 Å². The molecule has 12 nitrogen and oxygen atoms in total. The fraction of sp³-hybridized carbons (Fsp3) is 0.522. The molecule has 0 saturated carbocycles. The van der Waals surface area contributed by atoms with Crippen molar-refractivity contribution in [3.63, 3.8) is 0 Å². The number of amides is 1. The monoisotopic (exact) mass is 529 g/mol. The van der Waals surface area contributed by atoms with Crippen LogP contribution < -0.4 is 10.1 Å². The first-order valence-electron chi connectivity index (χ1n) is 10.9. The van der Waals surface area contributed by atoms with Gasteiger partial charge in [-0.05, 0) is 24.3 Å². The summed E-state index contributed by atoms with van der Waals surface area (Å²) in [6.07, 6.45) is -5.47. The zero-order valence-electron chi connectivity index (χ0n) is 20.2. The Balaban J connectivity index is 2.21. The number of benzene rings is 1. The number of carbonyl (C=O) groups excluding carboxylic acids is 5. The topological polar surface area (TPSA) is 153 Å². The van der Waals surface area contributed by atoms with Gasteiger partial charge in [-0.3, -0.25) is 24.0 Å². The number of esters is 4. The molecule has 198 valence electrons. The highest BCUT2D eigenvalue weighted by Crippen LogP contribution is 2.28. The largest absolute Gasteiger partial charge is 0.493 e. The van der Waals surface area contributed by atoms with Gasteiger partial charge in [0.15, 0.2) is 12.2 Å². The highest BCUT2D eigenvalue weighted by atomic mass is 35.5. The van der Waals surface area contributed by atoms with E-state index in [1.54, 1.807) is 24.3 Å². The second kappa shape index (κ2) is 13.6. The Bertz CT molecular complexity index is 952. The zero-order chi connectivity index (χ0) is 26.8. The fourth-order valence-corrected chi connectivity index (χ4v) is 3.49. The number of rotatable bonds is 10. The van der Waals surface area contributed by atoms with E-state index < -0.39 is 67.0 Å². The molecule has 1 aliphatic rings. The molecule has 0 radical (unpaired) electrons. The Morgan fingerprint density at radius 3 is 2.06 bits per heavy atom. The van der Waals surface area contributed by atoms with E-state index >= 15 is 0 Å². The third-order valence-electron chi connectivity index (χ3n) is 4.71. The van der Waals surface area contributed by atoms with Crippen molar-refractivity contribution in [2.24, 2.45) is 0 Å². The first-order valence-corrected chi connectivity index (χ1v) is 11.3. The van der Waals surface area contributed by atoms with Crippen LogP contribution in [-0.2, 0) is 47.7 Å². The van der Waals surface area contributed by atoms with Crippen molar-refractivity contribution in [1.29, 1.82) is 0 Å². The highest BCUT2D eigenvalue weighted by Gasteiger charge is 2.52. The van der Waals surface area contributed by atoms with E-state index in [-0.39, 0.29) is 13.0 Å². The lowest BCUT2D eigenvalue weighted by Crippen LogP contribution is -2.66. The molecule has 1 aliphatic heterocycles. The molecule has 5 unspecified atom stereocenters. The summed E-state index contributed by atoms with van der Waals surface area (Å²) >= 11 is 5.83. The summed E-state index contributed by atoms with van der Waals surface area (Å²) < 4.78 is 32.3. The molecule has 1 aromatic rings. The average Bonchev–Trinajstić information content (AvgIpc) is 2.77. The summed E-state index contributed by atoms with van der Waals surface area (Å²) in [6.45, 7) is 4.13. The van der Waals surface area contributed by atoms with Gasteiger partial charge in [0.2, 0.25) is 12.2 Å². The molecule has 1 heterocycles. The van der Waals surface area contributed by atoms with Crippen LogP contribution in [0.2, 0.25) is 5.02 Å². The van der Waals surface area contributed by atoms with Crippen LogP contribution in [0.1, 0.15) is 34.1 Å². The number of ether oxygens (including phenoxy) is 6. The fourth-order valence-electron chi connectivity index (χ4n) is 3.36. The number of hydrogen-bond donors (Lipinski definition) is 1. The van der Waals surface area contributed by atoms with E-state index in [1.807, 2.05) is 0 Å². The predicted octanol–water partition coefficient (Wildman–Crippen LogP) is 1.31. The summed E-state index contributed by atoms with van der Waals surface area (Å²) in [5.74, 6) is -3.00. The molecule has 1 saturated heterocycles. The van der Waals surface area contributed by atoms with Crippen LogP contribution in [-0.4, -0.2) is 73.6 Å². The van der Waals surface area contributed by atoms with Crippen LogP contribution >= 0.6 is 11.6 Å². The van der Waals surface area contributed by atoms with E-state index in [4.69, 9.17) is 40.0 Å². The van der Waals surface area contributed by atoms with Crippen molar-refractivity contribution < 1.29 is 52.4 Å². The molecular weight excluding hydrogens is 502 g/mol. The molecule has 1 aromatic carbocycles. The zero-order valence-corrected chi connectivity index (χ0v) is 20.9. The van der Waals surface area contributed by atoms with Crippen molar-refractivity contribution in [2.45, 2.75) is 64.8 Å². The number of carbonyl (C=O) groups is 5. The molecular formula is C23H28ClNO11. The minimum atomic E-state index is -1.48. The standard InChI is InChI=1S/C23H28ClNO11/c1-12(26)25-20-22(34-15(4)29)21(33-14(3)28)18(11-32-13(2)27)35-23(20)36-19(30)9-10-31-17-7-5-16(24)6-8-17/h5-8,18,20-23H,9-11H2,1-4H3,(H,25,26). The Morgan fingerprint density at radius 2 is 1.50 bits per heavy atom. The smallest absolute Gasteiger partial charge is 0.311 e. The molecule has 0 spiro atoms. The van der Waals surface area contributed by atoms with Gasteiger partial charge in [0.05, 0.1) is 13.0 Å². The lowest BCUT2D eigenvalue weighted by Gasteiger charge is -2.44. The predicted molar refractivity (Wildman–Crippen MR) is 122 cm³/mol. The minimum Gasteiger partial charge on any atom is -0.493 e.